The van der Waals surface area contributed by atoms with Crippen LogP contribution < -0.4 is 10.5 Å². The zero-order valence-electron chi connectivity index (χ0n) is 12.5. The van der Waals surface area contributed by atoms with Gasteiger partial charge >= 0.3 is 0 Å². The van der Waals surface area contributed by atoms with Crippen molar-refractivity contribution in [3.8, 4) is 5.75 Å². The van der Waals surface area contributed by atoms with Gasteiger partial charge in [0.1, 0.15) is 5.75 Å². The van der Waals surface area contributed by atoms with Crippen LogP contribution in [0.1, 0.15) is 31.9 Å². The van der Waals surface area contributed by atoms with Gasteiger partial charge in [0.15, 0.2) is 0 Å². The highest BCUT2D eigenvalue weighted by Gasteiger charge is 2.30. The van der Waals surface area contributed by atoms with Gasteiger partial charge in [0.05, 0.1) is 18.1 Å². The standard InChI is InChI=1S/C16H24N2OS/c1-11-7-12(2)10-18(9-11)15(16(17)20)13-5-4-6-14(8-13)19-3/h4-6,8,11-12,15H,7,9-10H2,1-3H3,(H2,17,20). The molecule has 3 unspecified atom stereocenters. The maximum Gasteiger partial charge on any atom is 0.119 e. The predicted molar refractivity (Wildman–Crippen MR) is 87.0 cm³/mol. The van der Waals surface area contributed by atoms with Crippen LogP contribution in [0.2, 0.25) is 0 Å². The van der Waals surface area contributed by atoms with Crippen molar-refractivity contribution < 1.29 is 4.74 Å². The second kappa shape index (κ2) is 6.55. The lowest BCUT2D eigenvalue weighted by Gasteiger charge is -2.40. The summed E-state index contributed by atoms with van der Waals surface area (Å²) < 4.78 is 5.31. The third-order valence-electron chi connectivity index (χ3n) is 3.94. The molecule has 1 aliphatic heterocycles. The third kappa shape index (κ3) is 3.49. The fraction of sp³-hybridized carbons (Fsp3) is 0.562. The molecule has 3 atom stereocenters. The zero-order chi connectivity index (χ0) is 14.7. The Balaban J connectivity index is 2.28. The summed E-state index contributed by atoms with van der Waals surface area (Å²) in [5.74, 6) is 2.21. The minimum Gasteiger partial charge on any atom is -0.497 e. The van der Waals surface area contributed by atoms with E-state index in [1.54, 1.807) is 7.11 Å². The summed E-state index contributed by atoms with van der Waals surface area (Å²) in [4.78, 5) is 2.95. The SMILES string of the molecule is COc1cccc(C(C(N)=S)N2CC(C)CC(C)C2)c1. The fourth-order valence-corrected chi connectivity index (χ4v) is 3.57. The molecule has 1 heterocycles. The van der Waals surface area contributed by atoms with E-state index in [1.807, 2.05) is 18.2 Å². The first-order valence-electron chi connectivity index (χ1n) is 7.18. The molecule has 20 heavy (non-hydrogen) atoms. The van der Waals surface area contributed by atoms with Crippen LogP contribution in [0.3, 0.4) is 0 Å². The maximum absolute atomic E-state index is 6.03. The summed E-state index contributed by atoms with van der Waals surface area (Å²) in [6.07, 6.45) is 1.28. The van der Waals surface area contributed by atoms with E-state index in [9.17, 15) is 0 Å². The number of benzene rings is 1. The zero-order valence-corrected chi connectivity index (χ0v) is 13.3. The first-order valence-corrected chi connectivity index (χ1v) is 7.59. The number of piperidine rings is 1. The van der Waals surface area contributed by atoms with E-state index in [1.165, 1.54) is 6.42 Å². The van der Waals surface area contributed by atoms with Crippen molar-refractivity contribution in [1.29, 1.82) is 0 Å². The van der Waals surface area contributed by atoms with E-state index in [2.05, 4.69) is 24.8 Å². The molecule has 1 aromatic carbocycles. The van der Waals surface area contributed by atoms with Crippen LogP contribution >= 0.6 is 12.2 Å². The molecule has 0 radical (unpaired) electrons. The van der Waals surface area contributed by atoms with Crippen molar-refractivity contribution in [3.05, 3.63) is 29.8 Å². The number of ether oxygens (including phenoxy) is 1. The normalized spacial score (nSPS) is 25.1. The third-order valence-corrected chi connectivity index (χ3v) is 4.16. The Hall–Kier alpha value is -1.13. The molecule has 0 bridgehead atoms. The minimum absolute atomic E-state index is 0.00491. The second-order valence-electron chi connectivity index (χ2n) is 5.98. The Morgan fingerprint density at radius 1 is 1.35 bits per heavy atom. The molecule has 1 aromatic rings. The van der Waals surface area contributed by atoms with E-state index in [4.69, 9.17) is 22.7 Å². The van der Waals surface area contributed by atoms with Gasteiger partial charge in [0.25, 0.3) is 0 Å². The van der Waals surface area contributed by atoms with E-state index in [-0.39, 0.29) is 6.04 Å². The number of likely N-dealkylation sites (tertiary alicyclic amines) is 1. The maximum atomic E-state index is 6.03. The smallest absolute Gasteiger partial charge is 0.119 e. The monoisotopic (exact) mass is 292 g/mol. The van der Waals surface area contributed by atoms with Gasteiger partial charge in [0, 0.05) is 13.1 Å². The fourth-order valence-electron chi connectivity index (χ4n) is 3.29. The van der Waals surface area contributed by atoms with Crippen LogP contribution in [0.4, 0.5) is 0 Å². The molecule has 0 saturated carbocycles. The van der Waals surface area contributed by atoms with Gasteiger partial charge in [-0.05, 0) is 36.0 Å². The van der Waals surface area contributed by atoms with Gasteiger partial charge in [-0.3, -0.25) is 4.90 Å². The molecule has 0 aliphatic carbocycles. The number of nitrogens with zero attached hydrogens (tertiary/aromatic N) is 1. The van der Waals surface area contributed by atoms with Crippen LogP contribution in [-0.2, 0) is 0 Å². The summed E-state index contributed by atoms with van der Waals surface area (Å²) >= 11 is 5.33. The van der Waals surface area contributed by atoms with E-state index < -0.39 is 0 Å². The van der Waals surface area contributed by atoms with Gasteiger partial charge in [0.2, 0.25) is 0 Å². The van der Waals surface area contributed by atoms with E-state index >= 15 is 0 Å². The number of nitrogens with two attached hydrogens (primary N) is 1. The summed E-state index contributed by atoms with van der Waals surface area (Å²) in [7, 11) is 1.68. The van der Waals surface area contributed by atoms with Gasteiger partial charge in [-0.25, -0.2) is 0 Å². The molecular formula is C16H24N2OS. The molecule has 0 amide bonds. The first kappa shape index (κ1) is 15.3. The quantitative estimate of drug-likeness (QED) is 0.866. The molecule has 1 fully saturated rings. The minimum atomic E-state index is 0.00491. The largest absolute Gasteiger partial charge is 0.497 e. The molecule has 4 heteroatoms. The molecule has 3 nitrogen and oxygen atoms in total. The number of hydrogen-bond donors (Lipinski definition) is 1. The lowest BCUT2D eigenvalue weighted by atomic mass is 9.89. The van der Waals surface area contributed by atoms with Crippen molar-refractivity contribution in [1.82, 2.24) is 4.90 Å². The van der Waals surface area contributed by atoms with E-state index in [0.29, 0.717) is 16.8 Å². The van der Waals surface area contributed by atoms with Crippen molar-refractivity contribution in [3.63, 3.8) is 0 Å². The highest BCUT2D eigenvalue weighted by molar-refractivity contribution is 7.80. The van der Waals surface area contributed by atoms with Gasteiger partial charge < -0.3 is 10.5 Å². The van der Waals surface area contributed by atoms with Crippen molar-refractivity contribution >= 4 is 17.2 Å². The van der Waals surface area contributed by atoms with Crippen LogP contribution in [0.5, 0.6) is 5.75 Å². The van der Waals surface area contributed by atoms with Crippen molar-refractivity contribution in [2.75, 3.05) is 20.2 Å². The molecule has 110 valence electrons. The molecule has 1 aliphatic rings. The Kier molecular flexibility index (Phi) is 5.00. The van der Waals surface area contributed by atoms with Crippen LogP contribution in [0, 0.1) is 11.8 Å². The Labute approximate surface area is 127 Å². The lowest BCUT2D eigenvalue weighted by Crippen LogP contribution is -2.45. The lowest BCUT2D eigenvalue weighted by molar-refractivity contribution is 0.122. The Morgan fingerprint density at radius 2 is 2.00 bits per heavy atom. The van der Waals surface area contributed by atoms with Crippen LogP contribution in [0.25, 0.3) is 0 Å². The van der Waals surface area contributed by atoms with Crippen molar-refractivity contribution in [2.24, 2.45) is 17.6 Å². The Morgan fingerprint density at radius 3 is 2.55 bits per heavy atom. The molecule has 2 N–H and O–H groups in total. The summed E-state index contributed by atoms with van der Waals surface area (Å²) in [6.45, 7) is 6.68. The molecule has 0 spiro atoms. The van der Waals surface area contributed by atoms with Crippen LogP contribution in [0.15, 0.2) is 24.3 Å². The molecular weight excluding hydrogens is 268 g/mol. The van der Waals surface area contributed by atoms with Gasteiger partial charge in [-0.15, -0.1) is 0 Å². The van der Waals surface area contributed by atoms with Crippen molar-refractivity contribution in [2.45, 2.75) is 26.3 Å². The number of methoxy groups -OCH3 is 1. The predicted octanol–water partition coefficient (Wildman–Crippen LogP) is 3.00. The van der Waals surface area contributed by atoms with Gasteiger partial charge in [-0.2, -0.15) is 0 Å². The highest BCUT2D eigenvalue weighted by Crippen LogP contribution is 2.31. The number of rotatable bonds is 4. The summed E-state index contributed by atoms with van der Waals surface area (Å²) in [6, 6.07) is 8.06. The second-order valence-corrected chi connectivity index (χ2v) is 6.45. The molecule has 1 saturated heterocycles. The molecule has 2 rings (SSSR count). The van der Waals surface area contributed by atoms with E-state index in [0.717, 1.165) is 24.4 Å². The van der Waals surface area contributed by atoms with Crippen LogP contribution in [-0.4, -0.2) is 30.1 Å². The Bertz CT molecular complexity index is 467. The average molecular weight is 292 g/mol. The number of hydrogen-bond acceptors (Lipinski definition) is 3. The summed E-state index contributed by atoms with van der Waals surface area (Å²) in [5.41, 5.74) is 7.15. The first-order chi connectivity index (χ1) is 9.51. The topological polar surface area (TPSA) is 38.5 Å². The van der Waals surface area contributed by atoms with Gasteiger partial charge in [-0.1, -0.05) is 38.2 Å². The molecule has 0 aromatic heterocycles. The summed E-state index contributed by atoms with van der Waals surface area (Å²) in [5, 5.41) is 0. The average Bonchev–Trinajstić information content (AvgIpc) is 2.37. The highest BCUT2D eigenvalue weighted by atomic mass is 32.1. The number of thiocarbonyl (C=S) groups is 1.